The number of hydrogen-bond acceptors (Lipinski definition) is 12. The molecule has 0 aromatic heterocycles. The zero-order valence-corrected chi connectivity index (χ0v) is 43.6. The molecule has 16 heteroatoms. The van der Waals surface area contributed by atoms with Gasteiger partial charge in [-0.05, 0) is 49.9 Å². The van der Waals surface area contributed by atoms with Crippen LogP contribution in [0.2, 0.25) is 0 Å². The van der Waals surface area contributed by atoms with Crippen LogP contribution in [0.4, 0.5) is 22.7 Å². The Kier molecular flexibility index (Phi) is 23.5. The summed E-state index contributed by atoms with van der Waals surface area (Å²) in [7, 11) is 6.48. The van der Waals surface area contributed by atoms with Crippen molar-refractivity contribution in [3.63, 3.8) is 0 Å². The first-order chi connectivity index (χ1) is 32.0. The van der Waals surface area contributed by atoms with E-state index in [2.05, 4.69) is 37.5 Å². The topological polar surface area (TPSA) is 114 Å². The third-order valence-electron chi connectivity index (χ3n) is 12.2. The van der Waals surface area contributed by atoms with Gasteiger partial charge in [0.1, 0.15) is 35.8 Å². The maximum atomic E-state index is 14.3. The summed E-state index contributed by atoms with van der Waals surface area (Å²) in [5.41, 5.74) is 3.03. The van der Waals surface area contributed by atoms with Gasteiger partial charge in [0.2, 0.25) is 0 Å². The third kappa shape index (κ3) is 13.2. The molecular weight excluding hydrogens is 911 g/mol. The van der Waals surface area contributed by atoms with Crippen LogP contribution in [0.3, 0.4) is 0 Å². The molecule has 0 atom stereocenters. The van der Waals surface area contributed by atoms with Crippen LogP contribution in [0, 0.1) is 0 Å². The second-order valence-electron chi connectivity index (χ2n) is 16.5. The maximum absolute atomic E-state index is 14.3. The van der Waals surface area contributed by atoms with Crippen molar-refractivity contribution < 1.29 is 47.5 Å². The molecule has 4 aromatic carbocycles. The highest BCUT2D eigenvalue weighted by atomic mass is 35.5. The van der Waals surface area contributed by atoms with Crippen LogP contribution in [0.15, 0.2) is 72.8 Å². The summed E-state index contributed by atoms with van der Waals surface area (Å²) in [5, 5.41) is 0. The van der Waals surface area contributed by atoms with Gasteiger partial charge < -0.3 is 37.9 Å². The number of benzene rings is 4. The van der Waals surface area contributed by atoms with Crippen molar-refractivity contribution in [1.82, 2.24) is 18.8 Å². The molecule has 68 heavy (non-hydrogen) atoms. The number of hydrogen-bond donors (Lipinski definition) is 0. The van der Waals surface area contributed by atoms with E-state index in [9.17, 15) is 9.59 Å². The molecule has 14 nitrogen and oxygen atoms in total. The molecule has 1 fully saturated rings. The third-order valence-corrected chi connectivity index (χ3v) is 12.2. The highest BCUT2D eigenvalue weighted by Crippen LogP contribution is 2.45. The molecule has 0 spiro atoms. The van der Waals surface area contributed by atoms with Gasteiger partial charge in [0.25, 0.3) is 0 Å². The predicted molar refractivity (Wildman–Crippen MR) is 276 cm³/mol. The number of nitrogens with zero attached hydrogens (tertiary/aromatic N) is 4. The van der Waals surface area contributed by atoms with Crippen molar-refractivity contribution in [3.05, 3.63) is 72.8 Å². The minimum Gasteiger partial charge on any atom is -0.493 e. The number of quaternary nitrogens is 2. The molecule has 2 amide bonds. The Balaban J connectivity index is 0.00000612. The summed E-state index contributed by atoms with van der Waals surface area (Å²) < 4.78 is 47.3. The first-order valence-corrected chi connectivity index (χ1v) is 23.5. The maximum Gasteiger partial charge on any atom is 0.320 e. The minimum absolute atomic E-state index is 0. The fourth-order valence-electron chi connectivity index (χ4n) is 8.58. The SMILES string of the molecule is CCCOc1ccc([N+](CCN2CCN(CC[N+](C(C)=O)(c3ccc(OCCC)c(OC)c3)c3ccc(OCCC)c(OC)c3)CC2)(C(C)=O)c2ccc(OCCC)c(OC)c2)cc1OC.Cl.Cl. The van der Waals surface area contributed by atoms with E-state index in [1.165, 1.54) is 0 Å². The summed E-state index contributed by atoms with van der Waals surface area (Å²) in [6.45, 7) is 19.0. The molecule has 1 aliphatic rings. The molecule has 0 bridgehead atoms. The molecular formula is C52H76Cl2N4O10+2. The second-order valence-corrected chi connectivity index (χ2v) is 16.5. The Labute approximate surface area is 417 Å². The van der Waals surface area contributed by atoms with E-state index < -0.39 is 0 Å². The summed E-state index contributed by atoms with van der Waals surface area (Å²) in [4.78, 5) is 33.5. The van der Waals surface area contributed by atoms with Crippen molar-refractivity contribution in [2.75, 3.05) is 107 Å². The van der Waals surface area contributed by atoms with Gasteiger partial charge in [-0.15, -0.1) is 24.8 Å². The molecule has 376 valence electrons. The monoisotopic (exact) mass is 986 g/mol. The molecule has 1 heterocycles. The fraction of sp³-hybridized carbons (Fsp3) is 0.500. The normalized spacial score (nSPS) is 13.1. The standard InChI is InChI=1S/C52H74N4O10.2ClH/c1-11-31-63-45-19-15-41(35-49(45)59-7)55(39(5)57,42-16-20-46(64-32-12-2)50(36-42)60-8)29-27-53-23-25-54(26-24-53)28-30-56(40(6)58,43-17-21-47(65-33-13-3)51(37-43)61-9)44-18-22-48(66-34-14-4)52(38-44)62-10;;/h15-22,35-38H,11-14,23-34H2,1-10H3;2*1H/q+2;;. The Morgan fingerprint density at radius 2 is 0.662 bits per heavy atom. The van der Waals surface area contributed by atoms with Crippen molar-refractivity contribution in [2.24, 2.45) is 0 Å². The van der Waals surface area contributed by atoms with E-state index >= 15 is 0 Å². The lowest BCUT2D eigenvalue weighted by atomic mass is 10.1. The van der Waals surface area contributed by atoms with Crippen LogP contribution < -0.4 is 46.9 Å². The molecule has 0 unspecified atom stereocenters. The zero-order valence-electron chi connectivity index (χ0n) is 41.9. The Morgan fingerprint density at radius 1 is 0.426 bits per heavy atom. The lowest BCUT2D eigenvalue weighted by Crippen LogP contribution is -2.57. The largest absolute Gasteiger partial charge is 0.493 e. The summed E-state index contributed by atoms with van der Waals surface area (Å²) >= 11 is 0. The minimum atomic E-state index is -0.0782. The zero-order chi connectivity index (χ0) is 47.7. The molecule has 0 saturated carbocycles. The lowest BCUT2D eigenvalue weighted by molar-refractivity contribution is -0.126. The second kappa shape index (κ2) is 27.9. The smallest absolute Gasteiger partial charge is 0.320 e. The molecule has 0 radical (unpaired) electrons. The first kappa shape index (κ1) is 57.4. The molecule has 0 N–H and O–H groups in total. The number of rotatable bonds is 26. The van der Waals surface area contributed by atoms with Crippen LogP contribution in [0.25, 0.3) is 0 Å². The predicted octanol–water partition coefficient (Wildman–Crippen LogP) is 10.4. The average molecular weight is 988 g/mol. The van der Waals surface area contributed by atoms with Crippen molar-refractivity contribution in [1.29, 1.82) is 0 Å². The van der Waals surface area contributed by atoms with Crippen molar-refractivity contribution in [2.45, 2.75) is 67.2 Å². The van der Waals surface area contributed by atoms with E-state index in [0.29, 0.717) is 98.6 Å². The Bertz CT molecular complexity index is 1930. The lowest BCUT2D eigenvalue weighted by Gasteiger charge is -2.40. The van der Waals surface area contributed by atoms with Crippen LogP contribution >= 0.6 is 24.8 Å². The number of carbonyl (C=O) groups is 2. The average Bonchev–Trinajstić information content (AvgIpc) is 3.34. The van der Waals surface area contributed by atoms with Gasteiger partial charge in [-0.3, -0.25) is 9.80 Å². The van der Waals surface area contributed by atoms with Gasteiger partial charge in [0.15, 0.2) is 46.0 Å². The molecule has 1 saturated heterocycles. The van der Waals surface area contributed by atoms with Gasteiger partial charge in [0, 0.05) is 87.8 Å². The number of ether oxygens (including phenoxy) is 8. The van der Waals surface area contributed by atoms with Crippen molar-refractivity contribution >= 4 is 59.4 Å². The molecule has 1 aliphatic heterocycles. The number of methoxy groups -OCH3 is 4. The Hall–Kier alpha value is -4.96. The first-order valence-electron chi connectivity index (χ1n) is 23.5. The van der Waals surface area contributed by atoms with E-state index in [0.717, 1.165) is 74.6 Å². The van der Waals surface area contributed by atoms with Gasteiger partial charge >= 0.3 is 11.8 Å². The summed E-state index contributed by atoms with van der Waals surface area (Å²) in [5.74, 6) is 4.66. The number of piperazine rings is 1. The summed E-state index contributed by atoms with van der Waals surface area (Å²) in [6, 6.07) is 23.1. The van der Waals surface area contributed by atoms with E-state index in [1.807, 2.05) is 72.8 Å². The number of amides is 2. The van der Waals surface area contributed by atoms with E-state index in [1.54, 1.807) is 42.3 Å². The number of carbonyl (C=O) groups excluding carboxylic acids is 2. The van der Waals surface area contributed by atoms with Crippen LogP contribution in [-0.2, 0) is 9.59 Å². The highest BCUT2D eigenvalue weighted by Gasteiger charge is 2.43. The Morgan fingerprint density at radius 3 is 0.853 bits per heavy atom. The van der Waals surface area contributed by atoms with Gasteiger partial charge in [-0.25, -0.2) is 9.59 Å². The van der Waals surface area contributed by atoms with Crippen molar-refractivity contribution in [3.8, 4) is 46.0 Å². The molecule has 0 aliphatic carbocycles. The van der Waals surface area contributed by atoms with Crippen LogP contribution in [-0.4, -0.2) is 129 Å². The van der Waals surface area contributed by atoms with Crippen LogP contribution in [0.5, 0.6) is 46.0 Å². The van der Waals surface area contributed by atoms with Gasteiger partial charge in [-0.2, -0.15) is 8.97 Å². The highest BCUT2D eigenvalue weighted by molar-refractivity contribution is 5.95. The van der Waals surface area contributed by atoms with Gasteiger partial charge in [-0.1, -0.05) is 27.7 Å². The molecule has 5 rings (SSSR count). The van der Waals surface area contributed by atoms with Crippen LogP contribution in [0.1, 0.15) is 67.2 Å². The van der Waals surface area contributed by atoms with E-state index in [4.69, 9.17) is 37.9 Å². The fourth-order valence-corrected chi connectivity index (χ4v) is 8.58. The number of halogens is 2. The quantitative estimate of drug-likeness (QED) is 0.0558. The van der Waals surface area contributed by atoms with E-state index in [-0.39, 0.29) is 45.6 Å². The molecule has 4 aromatic rings. The summed E-state index contributed by atoms with van der Waals surface area (Å²) in [6.07, 6.45) is 3.41. The van der Waals surface area contributed by atoms with Gasteiger partial charge in [0.05, 0.1) is 68.7 Å².